The smallest absolute Gasteiger partial charge is 0.306 e. The summed E-state index contributed by atoms with van der Waals surface area (Å²) in [6.07, 6.45) is 0.581. The molecule has 3 heteroatoms. The lowest BCUT2D eigenvalue weighted by molar-refractivity contribution is -0.141. The fourth-order valence-electron chi connectivity index (χ4n) is 2.21. The van der Waals surface area contributed by atoms with E-state index in [-0.39, 0.29) is 5.92 Å². The molecule has 0 bridgehead atoms. The summed E-state index contributed by atoms with van der Waals surface area (Å²) < 4.78 is 2.19. The van der Waals surface area contributed by atoms with Gasteiger partial charge in [-0.2, -0.15) is 0 Å². The van der Waals surface area contributed by atoms with Gasteiger partial charge in [-0.1, -0.05) is 25.1 Å². The average Bonchev–Trinajstić information content (AvgIpc) is 2.65. The third-order valence-corrected chi connectivity index (χ3v) is 3.15. The molecular formula is C14H17NO2. The lowest BCUT2D eigenvalue weighted by atomic mass is 10.1. The molecule has 3 nitrogen and oxygen atoms in total. The van der Waals surface area contributed by atoms with Crippen molar-refractivity contribution in [2.24, 2.45) is 5.92 Å². The Hall–Kier alpha value is -1.77. The van der Waals surface area contributed by atoms with E-state index in [1.54, 1.807) is 6.92 Å². The third-order valence-electron chi connectivity index (χ3n) is 3.15. The molecule has 0 aliphatic rings. The summed E-state index contributed by atoms with van der Waals surface area (Å²) in [6, 6.07) is 10.3. The highest BCUT2D eigenvalue weighted by Crippen LogP contribution is 2.21. The molecule has 1 unspecified atom stereocenters. The molecule has 90 valence electrons. The Balaban J connectivity index is 2.43. The monoisotopic (exact) mass is 231 g/mol. The fourth-order valence-corrected chi connectivity index (χ4v) is 2.21. The molecule has 0 aliphatic heterocycles. The van der Waals surface area contributed by atoms with Crippen LogP contribution in [0.3, 0.4) is 0 Å². The number of benzene rings is 1. The van der Waals surface area contributed by atoms with E-state index in [2.05, 4.69) is 29.7 Å². The number of carboxylic acid groups (broad SMARTS) is 1. The number of hydrogen-bond donors (Lipinski definition) is 1. The molecule has 1 atom stereocenters. The van der Waals surface area contributed by atoms with Crippen LogP contribution in [0.15, 0.2) is 30.3 Å². The van der Waals surface area contributed by atoms with Gasteiger partial charge in [-0.25, -0.2) is 0 Å². The molecule has 0 saturated carbocycles. The van der Waals surface area contributed by atoms with Crippen molar-refractivity contribution >= 4 is 16.9 Å². The van der Waals surface area contributed by atoms with E-state index in [4.69, 9.17) is 5.11 Å². The highest BCUT2D eigenvalue weighted by Gasteiger charge is 2.15. The first-order chi connectivity index (χ1) is 8.13. The average molecular weight is 231 g/mol. The Labute approximate surface area is 101 Å². The van der Waals surface area contributed by atoms with Crippen molar-refractivity contribution in [2.45, 2.75) is 26.8 Å². The van der Waals surface area contributed by atoms with Crippen molar-refractivity contribution in [1.82, 2.24) is 4.57 Å². The number of para-hydroxylation sites is 1. The minimum atomic E-state index is -0.738. The van der Waals surface area contributed by atoms with Gasteiger partial charge in [-0.15, -0.1) is 0 Å². The number of aliphatic carboxylic acids is 1. The Bertz CT molecular complexity index is 542. The summed E-state index contributed by atoms with van der Waals surface area (Å²) in [5, 5.41) is 10.2. The maximum Gasteiger partial charge on any atom is 0.306 e. The minimum Gasteiger partial charge on any atom is -0.481 e. The summed E-state index contributed by atoms with van der Waals surface area (Å²) >= 11 is 0. The Morgan fingerprint density at radius 3 is 2.76 bits per heavy atom. The number of fused-ring (bicyclic) bond motifs is 1. The van der Waals surface area contributed by atoms with E-state index < -0.39 is 5.97 Å². The van der Waals surface area contributed by atoms with Crippen LogP contribution >= 0.6 is 0 Å². The lowest BCUT2D eigenvalue weighted by Crippen LogP contribution is -2.14. The molecule has 2 aromatic rings. The molecule has 0 amide bonds. The third kappa shape index (κ3) is 2.18. The van der Waals surface area contributed by atoms with E-state index in [1.165, 1.54) is 10.9 Å². The molecule has 1 heterocycles. The summed E-state index contributed by atoms with van der Waals surface area (Å²) in [5.41, 5.74) is 2.28. The van der Waals surface area contributed by atoms with Crippen LogP contribution in [0.2, 0.25) is 0 Å². The van der Waals surface area contributed by atoms with Crippen LogP contribution < -0.4 is 0 Å². The van der Waals surface area contributed by atoms with Gasteiger partial charge >= 0.3 is 5.97 Å². The van der Waals surface area contributed by atoms with Gasteiger partial charge < -0.3 is 9.67 Å². The van der Waals surface area contributed by atoms with Crippen LogP contribution in [0.4, 0.5) is 0 Å². The molecule has 1 aromatic heterocycles. The number of aryl methyl sites for hydroxylation is 1. The van der Waals surface area contributed by atoms with E-state index in [1.807, 2.05) is 12.1 Å². The normalized spacial score (nSPS) is 12.8. The van der Waals surface area contributed by atoms with Gasteiger partial charge in [0, 0.05) is 24.2 Å². The maximum atomic E-state index is 10.9. The number of aromatic nitrogens is 1. The highest BCUT2D eigenvalue weighted by molar-refractivity contribution is 5.81. The van der Waals surface area contributed by atoms with Crippen LogP contribution in [0, 0.1) is 5.92 Å². The van der Waals surface area contributed by atoms with Gasteiger partial charge in [0.05, 0.1) is 5.92 Å². The SMILES string of the molecule is CCn1c(CC(C)C(=O)O)cc2ccccc21. The van der Waals surface area contributed by atoms with Crippen LogP contribution in [0.25, 0.3) is 10.9 Å². The zero-order chi connectivity index (χ0) is 12.4. The van der Waals surface area contributed by atoms with Crippen molar-refractivity contribution in [2.75, 3.05) is 0 Å². The van der Waals surface area contributed by atoms with Gasteiger partial charge in [-0.3, -0.25) is 4.79 Å². The minimum absolute atomic E-state index is 0.343. The second-order valence-corrected chi connectivity index (χ2v) is 4.38. The van der Waals surface area contributed by atoms with Crippen LogP contribution in [0.5, 0.6) is 0 Å². The van der Waals surface area contributed by atoms with E-state index in [0.29, 0.717) is 6.42 Å². The van der Waals surface area contributed by atoms with Crippen LogP contribution in [-0.2, 0) is 17.8 Å². The lowest BCUT2D eigenvalue weighted by Gasteiger charge is -2.10. The van der Waals surface area contributed by atoms with Crippen molar-refractivity contribution in [3.63, 3.8) is 0 Å². The van der Waals surface area contributed by atoms with Crippen molar-refractivity contribution < 1.29 is 9.90 Å². The topological polar surface area (TPSA) is 42.2 Å². The molecule has 0 spiro atoms. The second kappa shape index (κ2) is 4.62. The maximum absolute atomic E-state index is 10.9. The van der Waals surface area contributed by atoms with Crippen molar-refractivity contribution in [1.29, 1.82) is 0 Å². The number of nitrogens with zero attached hydrogens (tertiary/aromatic N) is 1. The molecule has 2 rings (SSSR count). The zero-order valence-electron chi connectivity index (χ0n) is 10.2. The fraction of sp³-hybridized carbons (Fsp3) is 0.357. The number of hydrogen-bond acceptors (Lipinski definition) is 1. The van der Waals surface area contributed by atoms with Crippen molar-refractivity contribution in [3.05, 3.63) is 36.0 Å². The predicted octanol–water partition coefficient (Wildman–Crippen LogP) is 2.92. The molecule has 0 saturated heterocycles. The summed E-state index contributed by atoms with van der Waals surface area (Å²) in [7, 11) is 0. The number of carboxylic acids is 1. The molecule has 17 heavy (non-hydrogen) atoms. The van der Waals surface area contributed by atoms with E-state index >= 15 is 0 Å². The molecule has 1 aromatic carbocycles. The predicted molar refractivity (Wildman–Crippen MR) is 68.1 cm³/mol. The van der Waals surface area contributed by atoms with E-state index in [9.17, 15) is 4.79 Å². The van der Waals surface area contributed by atoms with Crippen molar-refractivity contribution in [3.8, 4) is 0 Å². The Morgan fingerprint density at radius 2 is 2.12 bits per heavy atom. The standard InChI is InChI=1S/C14H17NO2/c1-3-15-12(8-10(2)14(16)17)9-11-6-4-5-7-13(11)15/h4-7,9-10H,3,8H2,1-2H3,(H,16,17). The van der Waals surface area contributed by atoms with Gasteiger partial charge in [0.15, 0.2) is 0 Å². The van der Waals surface area contributed by atoms with Crippen LogP contribution in [-0.4, -0.2) is 15.6 Å². The van der Waals surface area contributed by atoms with Gasteiger partial charge in [0.25, 0.3) is 0 Å². The first-order valence-corrected chi connectivity index (χ1v) is 5.93. The zero-order valence-corrected chi connectivity index (χ0v) is 10.2. The van der Waals surface area contributed by atoms with Gasteiger partial charge in [0.1, 0.15) is 0 Å². The molecular weight excluding hydrogens is 214 g/mol. The largest absolute Gasteiger partial charge is 0.481 e. The van der Waals surface area contributed by atoms with Gasteiger partial charge in [0.2, 0.25) is 0 Å². The summed E-state index contributed by atoms with van der Waals surface area (Å²) in [4.78, 5) is 10.9. The van der Waals surface area contributed by atoms with E-state index in [0.717, 1.165) is 12.2 Å². The first kappa shape index (κ1) is 11.7. The summed E-state index contributed by atoms with van der Waals surface area (Å²) in [6.45, 7) is 4.70. The van der Waals surface area contributed by atoms with Gasteiger partial charge in [-0.05, 0) is 24.4 Å². The van der Waals surface area contributed by atoms with Crippen LogP contribution in [0.1, 0.15) is 19.5 Å². The molecule has 0 radical (unpaired) electrons. The molecule has 1 N–H and O–H groups in total. The summed E-state index contributed by atoms with van der Waals surface area (Å²) in [5.74, 6) is -1.08. The molecule has 0 aliphatic carbocycles. The Morgan fingerprint density at radius 1 is 1.41 bits per heavy atom. The highest BCUT2D eigenvalue weighted by atomic mass is 16.4. The second-order valence-electron chi connectivity index (χ2n) is 4.38. The quantitative estimate of drug-likeness (QED) is 0.879. The molecule has 0 fully saturated rings. The number of carbonyl (C=O) groups is 1. The Kier molecular flexibility index (Phi) is 3.18. The first-order valence-electron chi connectivity index (χ1n) is 5.93. The number of rotatable bonds is 4.